The summed E-state index contributed by atoms with van der Waals surface area (Å²) in [5.74, 6) is 0.624. The molecule has 17 heavy (non-hydrogen) atoms. The average Bonchev–Trinajstić information content (AvgIpc) is 2.94. The lowest BCUT2D eigenvalue weighted by molar-refractivity contribution is 0.827. The molecule has 0 unspecified atom stereocenters. The first-order valence-corrected chi connectivity index (χ1v) is 6.20. The average molecular weight is 289 g/mol. The fourth-order valence-electron chi connectivity index (χ4n) is 2.13. The van der Waals surface area contributed by atoms with Crippen LogP contribution in [0, 0.1) is 11.3 Å². The zero-order valence-electron chi connectivity index (χ0n) is 9.02. The largest absolute Gasteiger partial charge is 0.232 e. The van der Waals surface area contributed by atoms with E-state index in [2.05, 4.69) is 32.1 Å². The van der Waals surface area contributed by atoms with Crippen LogP contribution in [0.4, 0.5) is 0 Å². The molecule has 3 rings (SSSR count). The van der Waals surface area contributed by atoms with Crippen molar-refractivity contribution in [2.75, 3.05) is 0 Å². The number of nitrogens with zero attached hydrogens (tertiary/aromatic N) is 4. The van der Waals surface area contributed by atoms with Gasteiger partial charge in [-0.1, -0.05) is 0 Å². The third kappa shape index (κ3) is 1.75. The topological polar surface area (TPSA) is 54.5 Å². The molecule has 0 saturated carbocycles. The molecule has 4 nitrogen and oxygen atoms in total. The minimum atomic E-state index is 0.584. The van der Waals surface area contributed by atoms with Crippen LogP contribution in [0.1, 0.15) is 23.2 Å². The van der Waals surface area contributed by atoms with Crippen LogP contribution >= 0.6 is 15.9 Å². The minimum Gasteiger partial charge on any atom is -0.232 e. The Morgan fingerprint density at radius 3 is 3.00 bits per heavy atom. The van der Waals surface area contributed by atoms with Crippen molar-refractivity contribution >= 4 is 15.9 Å². The van der Waals surface area contributed by atoms with Gasteiger partial charge in [0.1, 0.15) is 6.07 Å². The number of aromatic nitrogens is 3. The summed E-state index contributed by atoms with van der Waals surface area (Å²) in [6.45, 7) is 0. The van der Waals surface area contributed by atoms with Crippen LogP contribution in [0.15, 0.2) is 22.9 Å². The molecule has 0 amide bonds. The lowest BCUT2D eigenvalue weighted by atomic mass is 10.1. The van der Waals surface area contributed by atoms with Gasteiger partial charge in [-0.25, -0.2) is 9.67 Å². The molecule has 0 saturated heterocycles. The van der Waals surface area contributed by atoms with Gasteiger partial charge in [0.15, 0.2) is 5.82 Å². The smallest absolute Gasteiger partial charge is 0.171 e. The van der Waals surface area contributed by atoms with Crippen molar-refractivity contribution in [1.82, 2.24) is 14.8 Å². The number of nitriles is 1. The number of fused-ring (bicyclic) bond motifs is 1. The Hall–Kier alpha value is -1.67. The Morgan fingerprint density at radius 1 is 1.41 bits per heavy atom. The monoisotopic (exact) mass is 288 g/mol. The standard InChI is InChI=1S/C12H9BrN4/c13-10-6-15-17(7-10)12-9(5-14)4-8-2-1-3-11(8)16-12/h4,6-7H,1-3H2. The number of pyridine rings is 1. The highest BCUT2D eigenvalue weighted by atomic mass is 79.9. The number of rotatable bonds is 1. The maximum atomic E-state index is 9.17. The molecule has 0 spiro atoms. The van der Waals surface area contributed by atoms with Gasteiger partial charge in [-0.05, 0) is 46.8 Å². The van der Waals surface area contributed by atoms with Gasteiger partial charge in [-0.15, -0.1) is 0 Å². The van der Waals surface area contributed by atoms with Gasteiger partial charge >= 0.3 is 0 Å². The molecule has 0 fully saturated rings. The molecule has 0 aromatic carbocycles. The van der Waals surface area contributed by atoms with E-state index in [-0.39, 0.29) is 0 Å². The normalized spacial score (nSPS) is 13.4. The van der Waals surface area contributed by atoms with Crippen molar-refractivity contribution in [3.63, 3.8) is 0 Å². The maximum absolute atomic E-state index is 9.17. The zero-order chi connectivity index (χ0) is 11.8. The molecule has 0 bridgehead atoms. The molecule has 0 radical (unpaired) electrons. The van der Waals surface area contributed by atoms with E-state index in [1.54, 1.807) is 10.9 Å². The number of hydrogen-bond donors (Lipinski definition) is 0. The van der Waals surface area contributed by atoms with E-state index in [0.717, 1.165) is 29.4 Å². The van der Waals surface area contributed by atoms with Crippen LogP contribution in [0.25, 0.3) is 5.82 Å². The molecule has 5 heteroatoms. The van der Waals surface area contributed by atoms with Gasteiger partial charge < -0.3 is 0 Å². The molecule has 0 atom stereocenters. The fourth-order valence-corrected chi connectivity index (χ4v) is 2.42. The maximum Gasteiger partial charge on any atom is 0.171 e. The van der Waals surface area contributed by atoms with E-state index < -0.39 is 0 Å². The van der Waals surface area contributed by atoms with Crippen molar-refractivity contribution in [3.05, 3.63) is 39.8 Å². The van der Waals surface area contributed by atoms with Crippen LogP contribution in [-0.2, 0) is 12.8 Å². The molecular weight excluding hydrogens is 280 g/mol. The number of hydrogen-bond acceptors (Lipinski definition) is 3. The molecule has 0 N–H and O–H groups in total. The molecular formula is C12H9BrN4. The van der Waals surface area contributed by atoms with Crippen molar-refractivity contribution in [3.8, 4) is 11.9 Å². The van der Waals surface area contributed by atoms with Crippen LogP contribution in [-0.4, -0.2) is 14.8 Å². The summed E-state index contributed by atoms with van der Waals surface area (Å²) in [5.41, 5.74) is 2.89. The van der Waals surface area contributed by atoms with Crippen molar-refractivity contribution < 1.29 is 0 Å². The minimum absolute atomic E-state index is 0.584. The number of halogens is 1. The number of aryl methyl sites for hydroxylation is 2. The Balaban J connectivity index is 2.19. The van der Waals surface area contributed by atoms with Crippen molar-refractivity contribution in [2.45, 2.75) is 19.3 Å². The molecule has 1 aliphatic rings. The first-order valence-electron chi connectivity index (χ1n) is 5.41. The van der Waals surface area contributed by atoms with Crippen LogP contribution < -0.4 is 0 Å². The van der Waals surface area contributed by atoms with E-state index >= 15 is 0 Å². The lowest BCUT2D eigenvalue weighted by Crippen LogP contribution is -2.04. The lowest BCUT2D eigenvalue weighted by Gasteiger charge is -2.06. The third-order valence-corrected chi connectivity index (χ3v) is 3.33. The quantitative estimate of drug-likeness (QED) is 0.810. The second kappa shape index (κ2) is 3.97. The van der Waals surface area contributed by atoms with Gasteiger partial charge in [0.05, 0.1) is 16.2 Å². The summed E-state index contributed by atoms with van der Waals surface area (Å²) < 4.78 is 2.52. The highest BCUT2D eigenvalue weighted by molar-refractivity contribution is 9.10. The highest BCUT2D eigenvalue weighted by Crippen LogP contribution is 2.24. The Kier molecular flexibility index (Phi) is 2.45. The van der Waals surface area contributed by atoms with E-state index in [1.807, 2.05) is 12.3 Å². The Morgan fingerprint density at radius 2 is 2.29 bits per heavy atom. The van der Waals surface area contributed by atoms with Crippen molar-refractivity contribution in [2.24, 2.45) is 0 Å². The van der Waals surface area contributed by atoms with Gasteiger partial charge in [0.2, 0.25) is 0 Å². The predicted molar refractivity (Wildman–Crippen MR) is 65.8 cm³/mol. The van der Waals surface area contributed by atoms with Gasteiger partial charge in [-0.2, -0.15) is 10.4 Å². The van der Waals surface area contributed by atoms with E-state index in [4.69, 9.17) is 0 Å². The van der Waals surface area contributed by atoms with Crippen LogP contribution in [0.5, 0.6) is 0 Å². The Labute approximate surface area is 107 Å². The van der Waals surface area contributed by atoms with Gasteiger partial charge in [0.25, 0.3) is 0 Å². The zero-order valence-corrected chi connectivity index (χ0v) is 10.6. The molecule has 2 aromatic heterocycles. The van der Waals surface area contributed by atoms with Crippen LogP contribution in [0.3, 0.4) is 0 Å². The van der Waals surface area contributed by atoms with Gasteiger partial charge in [0, 0.05) is 11.9 Å². The summed E-state index contributed by atoms with van der Waals surface area (Å²) in [7, 11) is 0. The summed E-state index contributed by atoms with van der Waals surface area (Å²) in [4.78, 5) is 4.56. The molecule has 1 aliphatic carbocycles. The van der Waals surface area contributed by atoms with Crippen LogP contribution in [0.2, 0.25) is 0 Å². The fraction of sp³-hybridized carbons (Fsp3) is 0.250. The van der Waals surface area contributed by atoms with E-state index in [0.29, 0.717) is 11.4 Å². The summed E-state index contributed by atoms with van der Waals surface area (Å²) in [6.07, 6.45) is 6.65. The summed E-state index contributed by atoms with van der Waals surface area (Å²) in [6, 6.07) is 4.14. The summed E-state index contributed by atoms with van der Waals surface area (Å²) >= 11 is 3.34. The van der Waals surface area contributed by atoms with E-state index in [1.165, 1.54) is 5.56 Å². The van der Waals surface area contributed by atoms with Crippen molar-refractivity contribution in [1.29, 1.82) is 5.26 Å². The van der Waals surface area contributed by atoms with E-state index in [9.17, 15) is 5.26 Å². The molecule has 84 valence electrons. The molecule has 0 aliphatic heterocycles. The molecule has 2 aromatic rings. The first kappa shape index (κ1) is 10.5. The Bertz CT molecular complexity index is 624. The molecule has 2 heterocycles. The first-order chi connectivity index (χ1) is 8.28. The second-order valence-electron chi connectivity index (χ2n) is 4.03. The highest BCUT2D eigenvalue weighted by Gasteiger charge is 2.17. The third-order valence-electron chi connectivity index (χ3n) is 2.92. The predicted octanol–water partition coefficient (Wildman–Crippen LogP) is 2.39. The van der Waals surface area contributed by atoms with Gasteiger partial charge in [-0.3, -0.25) is 0 Å². The summed E-state index contributed by atoms with van der Waals surface area (Å²) in [5, 5.41) is 13.4. The second-order valence-corrected chi connectivity index (χ2v) is 4.95. The SMILES string of the molecule is N#Cc1cc2c(nc1-n1cc(Br)cn1)CCC2.